The van der Waals surface area contributed by atoms with Crippen molar-refractivity contribution in [2.24, 2.45) is 0 Å². The molecule has 3 aromatic rings. The van der Waals surface area contributed by atoms with Gasteiger partial charge in [0.05, 0.1) is 17.9 Å². The molecule has 4 rings (SSSR count). The molecule has 2 aromatic heterocycles. The van der Waals surface area contributed by atoms with Gasteiger partial charge in [0.15, 0.2) is 0 Å². The zero-order valence-corrected chi connectivity index (χ0v) is 20.7. The first-order chi connectivity index (χ1) is 17.1. The van der Waals surface area contributed by atoms with Crippen LogP contribution in [0.3, 0.4) is 0 Å². The molecule has 0 saturated heterocycles. The van der Waals surface area contributed by atoms with Crippen LogP contribution in [0.4, 0.5) is 0 Å². The summed E-state index contributed by atoms with van der Waals surface area (Å²) < 4.78 is 10.8. The molecule has 1 aromatic carbocycles. The third-order valence-electron chi connectivity index (χ3n) is 6.13. The highest BCUT2D eigenvalue weighted by atomic mass is 32.2. The summed E-state index contributed by atoms with van der Waals surface area (Å²) in [5, 5.41) is 3.97. The van der Waals surface area contributed by atoms with Crippen LogP contribution >= 0.6 is 11.8 Å². The molecule has 1 saturated carbocycles. The van der Waals surface area contributed by atoms with E-state index in [-0.39, 0.29) is 12.5 Å². The van der Waals surface area contributed by atoms with E-state index in [2.05, 4.69) is 15.1 Å². The minimum absolute atomic E-state index is 0.0929. The number of hydrogen-bond donors (Lipinski definition) is 0. The number of esters is 1. The van der Waals surface area contributed by atoms with Gasteiger partial charge in [-0.3, -0.25) is 9.78 Å². The number of carbonyl (C=O) groups excluding carboxylic acids is 2. The van der Waals surface area contributed by atoms with E-state index in [1.807, 2.05) is 36.2 Å². The quantitative estimate of drug-likeness (QED) is 0.225. The molecule has 0 N–H and O–H groups in total. The summed E-state index contributed by atoms with van der Waals surface area (Å²) >= 11 is 1.38. The van der Waals surface area contributed by atoms with E-state index in [1.54, 1.807) is 24.5 Å². The number of hydrogen-bond acceptors (Lipinski definition) is 8. The van der Waals surface area contributed by atoms with Gasteiger partial charge in [-0.05, 0) is 43.5 Å². The second-order valence-electron chi connectivity index (χ2n) is 8.57. The number of nitrogens with zero attached hydrogens (tertiary/aromatic N) is 4. The summed E-state index contributed by atoms with van der Waals surface area (Å²) in [6, 6.07) is 11.3. The average molecular weight is 495 g/mol. The third kappa shape index (κ3) is 6.91. The number of carbonyl (C=O) groups is 2. The van der Waals surface area contributed by atoms with Crippen LogP contribution in [-0.2, 0) is 16.0 Å². The third-order valence-corrected chi connectivity index (χ3v) is 7.19. The van der Waals surface area contributed by atoms with Crippen molar-refractivity contribution in [2.75, 3.05) is 19.4 Å². The fraction of sp³-hybridized carbons (Fsp3) is 0.423. The fourth-order valence-electron chi connectivity index (χ4n) is 4.11. The smallest absolute Gasteiger partial charge is 0.339 e. The van der Waals surface area contributed by atoms with Crippen LogP contribution in [0.15, 0.2) is 58.2 Å². The van der Waals surface area contributed by atoms with Crippen molar-refractivity contribution < 1.29 is 18.8 Å². The summed E-state index contributed by atoms with van der Waals surface area (Å²) in [6.07, 6.45) is 10.2. The van der Waals surface area contributed by atoms with E-state index in [0.717, 1.165) is 23.3 Å². The summed E-state index contributed by atoms with van der Waals surface area (Å²) in [4.78, 5) is 36.4. The van der Waals surface area contributed by atoms with E-state index in [1.165, 1.54) is 31.0 Å². The molecule has 0 spiro atoms. The summed E-state index contributed by atoms with van der Waals surface area (Å²) in [7, 11) is 1.89. The van der Waals surface area contributed by atoms with E-state index in [4.69, 9.17) is 9.26 Å². The fourth-order valence-corrected chi connectivity index (χ4v) is 5.07. The van der Waals surface area contributed by atoms with Crippen LogP contribution in [0.25, 0.3) is 11.4 Å². The minimum Gasteiger partial charge on any atom is -0.462 e. The van der Waals surface area contributed by atoms with Crippen LogP contribution in [0, 0.1) is 0 Å². The molecule has 35 heavy (non-hydrogen) atoms. The predicted octanol–water partition coefficient (Wildman–Crippen LogP) is 4.80. The molecular formula is C26H30N4O4S. The number of benzene rings is 1. The van der Waals surface area contributed by atoms with E-state index in [9.17, 15) is 9.59 Å². The maximum atomic E-state index is 12.7. The highest BCUT2D eigenvalue weighted by Gasteiger charge is 2.22. The molecule has 0 aliphatic heterocycles. The Bertz CT molecular complexity index is 1120. The van der Waals surface area contributed by atoms with E-state index < -0.39 is 5.97 Å². The van der Waals surface area contributed by atoms with Crippen molar-refractivity contribution in [3.8, 4) is 11.4 Å². The van der Waals surface area contributed by atoms with Gasteiger partial charge in [0, 0.05) is 42.4 Å². The van der Waals surface area contributed by atoms with Crippen LogP contribution < -0.4 is 0 Å². The lowest BCUT2D eigenvalue weighted by molar-refractivity contribution is -0.129. The molecule has 0 radical (unpaired) electrons. The highest BCUT2D eigenvalue weighted by Crippen LogP contribution is 2.26. The monoisotopic (exact) mass is 494 g/mol. The van der Waals surface area contributed by atoms with Gasteiger partial charge >= 0.3 is 5.97 Å². The standard InChI is InChI=1S/C26H30N4O4S/c1-30(20-10-3-2-4-11-20)24(31)18-35-22-13-6-5-12-21(22)26(32)33-16-8-14-23-28-25(29-34-23)19-9-7-15-27-17-19/h5-7,9,12-13,15,17,20H,2-4,8,10-11,14,16,18H2,1H3. The molecule has 8 nitrogen and oxygen atoms in total. The Kier molecular flexibility index (Phi) is 8.89. The van der Waals surface area contributed by atoms with Crippen LogP contribution in [0.5, 0.6) is 0 Å². The number of amides is 1. The largest absolute Gasteiger partial charge is 0.462 e. The molecule has 0 atom stereocenters. The molecule has 0 unspecified atom stereocenters. The van der Waals surface area contributed by atoms with Gasteiger partial charge in [-0.2, -0.15) is 4.98 Å². The van der Waals surface area contributed by atoms with Crippen molar-refractivity contribution >= 4 is 23.6 Å². The number of pyridine rings is 1. The average Bonchev–Trinajstić information content (AvgIpc) is 3.39. The first-order valence-electron chi connectivity index (χ1n) is 12.0. The van der Waals surface area contributed by atoms with Gasteiger partial charge in [0.2, 0.25) is 17.6 Å². The van der Waals surface area contributed by atoms with Gasteiger partial charge in [0.1, 0.15) is 0 Å². The molecule has 1 aliphatic carbocycles. The van der Waals surface area contributed by atoms with Gasteiger partial charge in [-0.1, -0.05) is 36.6 Å². The topological polar surface area (TPSA) is 98.4 Å². The highest BCUT2D eigenvalue weighted by molar-refractivity contribution is 8.00. The van der Waals surface area contributed by atoms with E-state index >= 15 is 0 Å². The Balaban J connectivity index is 1.24. The molecule has 2 heterocycles. The second kappa shape index (κ2) is 12.5. The Hall–Kier alpha value is -3.20. The molecule has 9 heteroatoms. The maximum absolute atomic E-state index is 12.7. The zero-order valence-electron chi connectivity index (χ0n) is 19.9. The lowest BCUT2D eigenvalue weighted by Crippen LogP contribution is -2.39. The first-order valence-corrected chi connectivity index (χ1v) is 13.0. The van der Waals surface area contributed by atoms with Crippen molar-refractivity contribution in [2.45, 2.75) is 55.9 Å². The van der Waals surface area contributed by atoms with Crippen LogP contribution in [0.1, 0.15) is 54.8 Å². The summed E-state index contributed by atoms with van der Waals surface area (Å²) in [5.74, 6) is 0.961. The maximum Gasteiger partial charge on any atom is 0.339 e. The van der Waals surface area contributed by atoms with Crippen molar-refractivity contribution in [3.05, 3.63) is 60.2 Å². The first kappa shape index (κ1) is 24.9. The Morgan fingerprint density at radius 3 is 2.77 bits per heavy atom. The number of aryl methyl sites for hydroxylation is 1. The Labute approximate surface area is 209 Å². The SMILES string of the molecule is CN(C(=O)CSc1ccccc1C(=O)OCCCc1nc(-c2cccnc2)no1)C1CCCCC1. The van der Waals surface area contributed by atoms with Crippen LogP contribution in [-0.4, -0.2) is 57.4 Å². The summed E-state index contributed by atoms with van der Waals surface area (Å²) in [6.45, 7) is 0.228. The minimum atomic E-state index is -0.400. The number of rotatable bonds is 10. The molecular weight excluding hydrogens is 464 g/mol. The molecule has 184 valence electrons. The lowest BCUT2D eigenvalue weighted by Gasteiger charge is -2.31. The van der Waals surface area contributed by atoms with E-state index in [0.29, 0.717) is 41.9 Å². The Morgan fingerprint density at radius 2 is 1.97 bits per heavy atom. The second-order valence-corrected chi connectivity index (χ2v) is 9.59. The lowest BCUT2D eigenvalue weighted by atomic mass is 9.94. The molecule has 1 fully saturated rings. The van der Waals surface area contributed by atoms with Gasteiger partial charge in [-0.15, -0.1) is 11.8 Å². The predicted molar refractivity (Wildman–Crippen MR) is 133 cm³/mol. The number of ether oxygens (including phenoxy) is 1. The molecule has 1 aliphatic rings. The van der Waals surface area contributed by atoms with Crippen molar-refractivity contribution in [1.29, 1.82) is 0 Å². The van der Waals surface area contributed by atoms with Gasteiger partial charge < -0.3 is 14.2 Å². The Morgan fingerprint density at radius 1 is 1.14 bits per heavy atom. The van der Waals surface area contributed by atoms with Crippen LogP contribution in [0.2, 0.25) is 0 Å². The molecule has 1 amide bonds. The summed E-state index contributed by atoms with van der Waals surface area (Å²) in [5.41, 5.74) is 1.26. The van der Waals surface area contributed by atoms with Gasteiger partial charge in [0.25, 0.3) is 0 Å². The number of aromatic nitrogens is 3. The molecule has 0 bridgehead atoms. The van der Waals surface area contributed by atoms with Crippen molar-refractivity contribution in [1.82, 2.24) is 20.0 Å². The number of thioether (sulfide) groups is 1. The zero-order chi connectivity index (χ0) is 24.5. The van der Waals surface area contributed by atoms with Crippen molar-refractivity contribution in [3.63, 3.8) is 0 Å². The normalized spacial score (nSPS) is 14.0. The van der Waals surface area contributed by atoms with Gasteiger partial charge in [-0.25, -0.2) is 4.79 Å².